The van der Waals surface area contributed by atoms with Crippen molar-refractivity contribution in [2.24, 2.45) is 0 Å². The quantitative estimate of drug-likeness (QED) is 0.566. The Morgan fingerprint density at radius 3 is 2.64 bits per heavy atom. The fraction of sp³-hybridized carbons (Fsp3) is 0.500. The van der Waals surface area contributed by atoms with Gasteiger partial charge in [-0.25, -0.2) is 3.11 Å². The van der Waals surface area contributed by atoms with Crippen molar-refractivity contribution in [2.75, 3.05) is 13.1 Å². The molecule has 0 spiro atoms. The minimum atomic E-state index is 0.788. The van der Waals surface area contributed by atoms with Crippen LogP contribution in [0.1, 0.15) is 30.7 Å². The van der Waals surface area contributed by atoms with Crippen LogP contribution < -0.4 is 0 Å². The molecule has 2 rings (SSSR count). The Balaban J connectivity index is 2.04. The lowest BCUT2D eigenvalue weighted by Gasteiger charge is -2.14. The molecule has 1 fully saturated rings. The summed E-state index contributed by atoms with van der Waals surface area (Å²) in [5.74, 6) is 0.788. The predicted molar refractivity (Wildman–Crippen MR) is 68.6 cm³/mol. The molecule has 76 valence electrons. The molecule has 1 aliphatic heterocycles. The molecule has 0 aliphatic carbocycles. The van der Waals surface area contributed by atoms with Crippen molar-refractivity contribution in [3.8, 4) is 0 Å². The molecule has 1 aromatic carbocycles. The number of rotatable bonds is 1. The molecular weight excluding hydrogens is 285 g/mol. The SMILES string of the molecule is IN1CCCC(c2ccccc2)CC1. The third kappa shape index (κ3) is 2.70. The summed E-state index contributed by atoms with van der Waals surface area (Å²) in [7, 11) is 0. The van der Waals surface area contributed by atoms with Gasteiger partial charge >= 0.3 is 0 Å². The molecule has 0 amide bonds. The Kier molecular flexibility index (Phi) is 3.81. The lowest BCUT2D eigenvalue weighted by Crippen LogP contribution is -2.11. The van der Waals surface area contributed by atoms with Gasteiger partial charge in [-0.1, -0.05) is 30.3 Å². The Morgan fingerprint density at radius 1 is 1.07 bits per heavy atom. The van der Waals surface area contributed by atoms with E-state index in [1.807, 2.05) is 0 Å². The third-order valence-electron chi connectivity index (χ3n) is 2.94. The number of hydrogen-bond donors (Lipinski definition) is 0. The Bertz CT molecular complexity index is 273. The van der Waals surface area contributed by atoms with Crippen molar-refractivity contribution < 1.29 is 0 Å². The first-order valence-electron chi connectivity index (χ1n) is 5.32. The summed E-state index contributed by atoms with van der Waals surface area (Å²) < 4.78 is 2.42. The fourth-order valence-corrected chi connectivity index (χ4v) is 2.74. The molecule has 0 radical (unpaired) electrons. The first-order chi connectivity index (χ1) is 6.86. The van der Waals surface area contributed by atoms with E-state index in [1.165, 1.54) is 37.9 Å². The number of halogens is 1. The minimum absolute atomic E-state index is 0.788. The van der Waals surface area contributed by atoms with Crippen LogP contribution in [0.2, 0.25) is 0 Å². The monoisotopic (exact) mass is 301 g/mol. The maximum absolute atomic E-state index is 2.44. The van der Waals surface area contributed by atoms with Crippen molar-refractivity contribution in [3.05, 3.63) is 35.9 Å². The van der Waals surface area contributed by atoms with E-state index in [2.05, 4.69) is 56.3 Å². The summed E-state index contributed by atoms with van der Waals surface area (Å²) >= 11 is 2.44. The van der Waals surface area contributed by atoms with Crippen molar-refractivity contribution in [3.63, 3.8) is 0 Å². The van der Waals surface area contributed by atoms with Crippen LogP contribution in [0.3, 0.4) is 0 Å². The van der Waals surface area contributed by atoms with E-state index in [-0.39, 0.29) is 0 Å². The molecule has 2 heteroatoms. The fourth-order valence-electron chi connectivity index (χ4n) is 2.12. The molecule has 0 aromatic heterocycles. The van der Waals surface area contributed by atoms with Gasteiger partial charge in [-0.3, -0.25) is 0 Å². The van der Waals surface area contributed by atoms with Crippen LogP contribution in [-0.4, -0.2) is 16.2 Å². The van der Waals surface area contributed by atoms with Gasteiger partial charge in [-0.05, 0) is 30.7 Å². The maximum Gasteiger partial charge on any atom is 0.0201 e. The van der Waals surface area contributed by atoms with Crippen LogP contribution in [0.25, 0.3) is 0 Å². The zero-order chi connectivity index (χ0) is 9.80. The summed E-state index contributed by atoms with van der Waals surface area (Å²) in [6.45, 7) is 2.49. The second kappa shape index (κ2) is 5.12. The van der Waals surface area contributed by atoms with Gasteiger partial charge in [0.05, 0.1) is 0 Å². The first kappa shape index (κ1) is 10.4. The molecule has 1 unspecified atom stereocenters. The predicted octanol–water partition coefficient (Wildman–Crippen LogP) is 3.61. The van der Waals surface area contributed by atoms with E-state index in [0.717, 1.165) is 5.92 Å². The Hall–Kier alpha value is -0.0900. The van der Waals surface area contributed by atoms with E-state index in [9.17, 15) is 0 Å². The van der Waals surface area contributed by atoms with E-state index in [0.29, 0.717) is 0 Å². The molecule has 0 N–H and O–H groups in total. The van der Waals surface area contributed by atoms with Crippen LogP contribution in [-0.2, 0) is 0 Å². The van der Waals surface area contributed by atoms with Gasteiger partial charge in [-0.15, -0.1) is 0 Å². The van der Waals surface area contributed by atoms with Crippen molar-refractivity contribution >= 4 is 22.9 Å². The highest BCUT2D eigenvalue weighted by atomic mass is 127. The molecule has 1 atom stereocenters. The maximum atomic E-state index is 2.44. The van der Waals surface area contributed by atoms with Gasteiger partial charge in [0.25, 0.3) is 0 Å². The molecule has 14 heavy (non-hydrogen) atoms. The topological polar surface area (TPSA) is 3.24 Å². The summed E-state index contributed by atoms with van der Waals surface area (Å²) in [5.41, 5.74) is 1.53. The standard InChI is InChI=1S/C12H16IN/c13-14-9-4-7-12(8-10-14)11-5-2-1-3-6-11/h1-3,5-6,12H,4,7-10H2. The lowest BCUT2D eigenvalue weighted by atomic mass is 9.92. The summed E-state index contributed by atoms with van der Waals surface area (Å²) in [5, 5.41) is 0. The highest BCUT2D eigenvalue weighted by Gasteiger charge is 2.16. The van der Waals surface area contributed by atoms with Crippen LogP contribution in [0.4, 0.5) is 0 Å². The van der Waals surface area contributed by atoms with E-state index in [1.54, 1.807) is 0 Å². The highest BCUT2D eigenvalue weighted by Crippen LogP contribution is 2.28. The molecule has 0 saturated carbocycles. The largest absolute Gasteiger partial charge is 0.248 e. The molecule has 1 aromatic rings. The average molecular weight is 301 g/mol. The molecule has 0 bridgehead atoms. The van der Waals surface area contributed by atoms with E-state index < -0.39 is 0 Å². The highest BCUT2D eigenvalue weighted by molar-refractivity contribution is 14.1. The van der Waals surface area contributed by atoms with Crippen LogP contribution >= 0.6 is 22.9 Å². The zero-order valence-electron chi connectivity index (χ0n) is 8.32. The molecule has 1 nitrogen and oxygen atoms in total. The smallest absolute Gasteiger partial charge is 0.0201 e. The van der Waals surface area contributed by atoms with Crippen molar-refractivity contribution in [1.29, 1.82) is 0 Å². The number of nitrogens with zero attached hydrogens (tertiary/aromatic N) is 1. The number of hydrogen-bond acceptors (Lipinski definition) is 1. The van der Waals surface area contributed by atoms with E-state index in [4.69, 9.17) is 0 Å². The zero-order valence-corrected chi connectivity index (χ0v) is 10.5. The molecule has 1 heterocycles. The molecule has 1 saturated heterocycles. The van der Waals surface area contributed by atoms with Gasteiger partial charge in [0.1, 0.15) is 0 Å². The van der Waals surface area contributed by atoms with Gasteiger partial charge in [0.2, 0.25) is 0 Å². The third-order valence-corrected chi connectivity index (χ3v) is 3.91. The van der Waals surface area contributed by atoms with Gasteiger partial charge in [0.15, 0.2) is 0 Å². The summed E-state index contributed by atoms with van der Waals surface area (Å²) in [6, 6.07) is 11.0. The van der Waals surface area contributed by atoms with Gasteiger partial charge in [-0.2, -0.15) is 0 Å². The molecule has 1 aliphatic rings. The van der Waals surface area contributed by atoms with Crippen LogP contribution in [0, 0.1) is 0 Å². The second-order valence-electron chi connectivity index (χ2n) is 3.95. The minimum Gasteiger partial charge on any atom is -0.248 e. The Labute approximate surface area is 100.0 Å². The normalized spacial score (nSPS) is 24.5. The average Bonchev–Trinajstić information content (AvgIpc) is 2.44. The van der Waals surface area contributed by atoms with Gasteiger partial charge < -0.3 is 0 Å². The van der Waals surface area contributed by atoms with Gasteiger partial charge in [0, 0.05) is 36.0 Å². The van der Waals surface area contributed by atoms with Crippen molar-refractivity contribution in [2.45, 2.75) is 25.2 Å². The lowest BCUT2D eigenvalue weighted by molar-refractivity contribution is 0.522. The van der Waals surface area contributed by atoms with Crippen LogP contribution in [0.15, 0.2) is 30.3 Å². The van der Waals surface area contributed by atoms with Crippen molar-refractivity contribution in [1.82, 2.24) is 3.11 Å². The molecular formula is C12H16IN. The summed E-state index contributed by atoms with van der Waals surface area (Å²) in [4.78, 5) is 0. The summed E-state index contributed by atoms with van der Waals surface area (Å²) in [6.07, 6.45) is 4.00. The van der Waals surface area contributed by atoms with Crippen LogP contribution in [0.5, 0.6) is 0 Å². The second-order valence-corrected chi connectivity index (χ2v) is 5.31. The Morgan fingerprint density at radius 2 is 1.86 bits per heavy atom. The number of benzene rings is 1. The van der Waals surface area contributed by atoms with E-state index >= 15 is 0 Å². The first-order valence-corrected chi connectivity index (χ1v) is 6.28.